The Morgan fingerprint density at radius 1 is 1.00 bits per heavy atom. The van der Waals surface area contributed by atoms with Crippen LogP contribution in [-0.4, -0.2) is 19.7 Å². The predicted octanol–water partition coefficient (Wildman–Crippen LogP) is 4.25. The Bertz CT molecular complexity index is 362. The molecule has 0 bridgehead atoms. The fraction of sp³-hybridized carbons (Fsp3) is 0.600. The lowest BCUT2D eigenvalue weighted by atomic mass is 10.2. The summed E-state index contributed by atoms with van der Waals surface area (Å²) in [4.78, 5) is 0. The van der Waals surface area contributed by atoms with Crippen LogP contribution >= 0.6 is 0 Å². The van der Waals surface area contributed by atoms with E-state index in [0.717, 1.165) is 25.1 Å². The van der Waals surface area contributed by atoms with Gasteiger partial charge in [0.2, 0.25) is 0 Å². The van der Waals surface area contributed by atoms with Crippen molar-refractivity contribution in [2.45, 2.75) is 38.8 Å². The number of unbranched alkanes of at least 4 members (excludes halogenated alkanes) is 3. The second-order valence-corrected chi connectivity index (χ2v) is 4.68. The van der Waals surface area contributed by atoms with Gasteiger partial charge >= 0.3 is 6.18 Å². The van der Waals surface area contributed by atoms with Gasteiger partial charge in [0.25, 0.3) is 0 Å². The molecule has 0 spiro atoms. The van der Waals surface area contributed by atoms with Gasteiger partial charge in [-0.3, -0.25) is 0 Å². The average Bonchev–Trinajstić information content (AvgIpc) is 2.41. The maximum atomic E-state index is 12.3. The van der Waals surface area contributed by atoms with Crippen molar-refractivity contribution in [3.05, 3.63) is 29.8 Å². The van der Waals surface area contributed by atoms with Gasteiger partial charge in [-0.1, -0.05) is 26.2 Å². The molecule has 1 rings (SSSR count). The minimum atomic E-state index is -4.29. The Morgan fingerprint density at radius 2 is 1.70 bits per heavy atom. The van der Waals surface area contributed by atoms with E-state index in [1.54, 1.807) is 0 Å². The smallest absolute Gasteiger partial charge is 0.416 e. The summed E-state index contributed by atoms with van der Waals surface area (Å²) < 4.78 is 42.4. The van der Waals surface area contributed by atoms with Gasteiger partial charge in [-0.15, -0.1) is 0 Å². The molecule has 0 heterocycles. The lowest BCUT2D eigenvalue weighted by Gasteiger charge is -2.09. The van der Waals surface area contributed by atoms with Gasteiger partial charge in [-0.05, 0) is 37.2 Å². The van der Waals surface area contributed by atoms with Crippen LogP contribution < -0.4 is 10.1 Å². The average molecular weight is 289 g/mol. The van der Waals surface area contributed by atoms with Crippen molar-refractivity contribution in [3.8, 4) is 5.75 Å². The number of benzene rings is 1. The van der Waals surface area contributed by atoms with Gasteiger partial charge in [0.05, 0.1) is 5.56 Å². The highest BCUT2D eigenvalue weighted by Crippen LogP contribution is 2.30. The number of ether oxygens (including phenoxy) is 1. The van der Waals surface area contributed by atoms with E-state index in [9.17, 15) is 13.2 Å². The van der Waals surface area contributed by atoms with Gasteiger partial charge in [0, 0.05) is 6.54 Å². The number of nitrogens with one attached hydrogen (secondary N) is 1. The first-order valence-corrected chi connectivity index (χ1v) is 7.05. The van der Waals surface area contributed by atoms with Crippen molar-refractivity contribution in [1.29, 1.82) is 0 Å². The van der Waals surface area contributed by atoms with E-state index < -0.39 is 11.7 Å². The van der Waals surface area contributed by atoms with Crippen molar-refractivity contribution in [2.24, 2.45) is 0 Å². The Balaban J connectivity index is 2.13. The second-order valence-electron chi connectivity index (χ2n) is 4.68. The molecule has 0 amide bonds. The maximum absolute atomic E-state index is 12.3. The lowest BCUT2D eigenvalue weighted by Crippen LogP contribution is -2.22. The summed E-state index contributed by atoms with van der Waals surface area (Å²) in [5.41, 5.74) is -0.654. The van der Waals surface area contributed by atoms with E-state index in [-0.39, 0.29) is 0 Å². The van der Waals surface area contributed by atoms with Crippen molar-refractivity contribution < 1.29 is 17.9 Å². The van der Waals surface area contributed by atoms with E-state index in [1.807, 2.05) is 0 Å². The molecule has 1 N–H and O–H groups in total. The molecular formula is C15H22F3NO. The standard InChI is InChI=1S/C15H22F3NO/c1-2-3-4-5-10-19-11-12-20-14-8-6-13(7-9-14)15(16,17)18/h6-9,19H,2-5,10-12H2,1H3. The van der Waals surface area contributed by atoms with Crippen LogP contribution in [0.3, 0.4) is 0 Å². The molecule has 0 saturated heterocycles. The van der Waals surface area contributed by atoms with Crippen molar-refractivity contribution in [2.75, 3.05) is 19.7 Å². The number of hydrogen-bond donors (Lipinski definition) is 1. The molecule has 0 radical (unpaired) electrons. The summed E-state index contributed by atoms with van der Waals surface area (Å²) in [6, 6.07) is 4.77. The number of alkyl halides is 3. The monoisotopic (exact) mass is 289 g/mol. The van der Waals surface area contributed by atoms with Gasteiger partial charge < -0.3 is 10.1 Å². The Labute approximate surface area is 118 Å². The molecule has 1 aromatic rings. The molecule has 1 aromatic carbocycles. The van der Waals surface area contributed by atoms with Gasteiger partial charge in [0.15, 0.2) is 0 Å². The molecule has 20 heavy (non-hydrogen) atoms. The lowest BCUT2D eigenvalue weighted by molar-refractivity contribution is -0.137. The molecule has 0 aliphatic heterocycles. The van der Waals surface area contributed by atoms with Crippen molar-refractivity contribution >= 4 is 0 Å². The normalized spacial score (nSPS) is 11.6. The summed E-state index contributed by atoms with van der Waals surface area (Å²) in [5, 5.41) is 3.25. The van der Waals surface area contributed by atoms with E-state index in [0.29, 0.717) is 18.9 Å². The molecule has 0 unspecified atom stereocenters. The molecular weight excluding hydrogens is 267 g/mol. The van der Waals surface area contributed by atoms with Crippen LogP contribution in [0, 0.1) is 0 Å². The molecule has 0 aromatic heterocycles. The van der Waals surface area contributed by atoms with Crippen LogP contribution in [0.25, 0.3) is 0 Å². The summed E-state index contributed by atoms with van der Waals surface area (Å²) in [6.07, 6.45) is 0.552. The summed E-state index contributed by atoms with van der Waals surface area (Å²) in [6.45, 7) is 4.29. The van der Waals surface area contributed by atoms with E-state index in [1.165, 1.54) is 31.4 Å². The fourth-order valence-electron chi connectivity index (χ4n) is 1.78. The van der Waals surface area contributed by atoms with Gasteiger partial charge in [0.1, 0.15) is 12.4 Å². The molecule has 114 valence electrons. The zero-order chi connectivity index (χ0) is 14.8. The third kappa shape index (κ3) is 6.80. The highest BCUT2D eigenvalue weighted by atomic mass is 19.4. The molecule has 0 saturated carbocycles. The zero-order valence-electron chi connectivity index (χ0n) is 11.8. The SMILES string of the molecule is CCCCCCNCCOc1ccc(C(F)(F)F)cc1. The highest BCUT2D eigenvalue weighted by Gasteiger charge is 2.29. The molecule has 0 aliphatic rings. The largest absolute Gasteiger partial charge is 0.492 e. The first-order chi connectivity index (χ1) is 9.54. The van der Waals surface area contributed by atoms with Crippen LogP contribution in [-0.2, 0) is 6.18 Å². The molecule has 5 heteroatoms. The van der Waals surface area contributed by atoms with Crippen LogP contribution in [0.4, 0.5) is 13.2 Å². The topological polar surface area (TPSA) is 21.3 Å². The predicted molar refractivity (Wildman–Crippen MR) is 74.0 cm³/mol. The van der Waals surface area contributed by atoms with E-state index in [4.69, 9.17) is 4.74 Å². The first-order valence-electron chi connectivity index (χ1n) is 7.05. The fourth-order valence-corrected chi connectivity index (χ4v) is 1.78. The minimum absolute atomic E-state index is 0.457. The third-order valence-corrected chi connectivity index (χ3v) is 2.94. The molecule has 0 aliphatic carbocycles. The Morgan fingerprint density at radius 3 is 2.30 bits per heavy atom. The van der Waals surface area contributed by atoms with Crippen LogP contribution in [0.15, 0.2) is 24.3 Å². The van der Waals surface area contributed by atoms with E-state index in [2.05, 4.69) is 12.2 Å². The van der Waals surface area contributed by atoms with Gasteiger partial charge in [-0.25, -0.2) is 0 Å². The maximum Gasteiger partial charge on any atom is 0.416 e. The van der Waals surface area contributed by atoms with Crippen LogP contribution in [0.2, 0.25) is 0 Å². The number of rotatable bonds is 9. The van der Waals surface area contributed by atoms with Crippen LogP contribution in [0.5, 0.6) is 5.75 Å². The zero-order valence-corrected chi connectivity index (χ0v) is 11.8. The van der Waals surface area contributed by atoms with Gasteiger partial charge in [-0.2, -0.15) is 13.2 Å². The molecule has 2 nitrogen and oxygen atoms in total. The number of halogens is 3. The van der Waals surface area contributed by atoms with Crippen LogP contribution in [0.1, 0.15) is 38.2 Å². The first kappa shape index (κ1) is 16.8. The Kier molecular flexibility index (Phi) is 7.44. The summed E-state index contributed by atoms with van der Waals surface area (Å²) in [5.74, 6) is 0.464. The van der Waals surface area contributed by atoms with Crippen molar-refractivity contribution in [3.63, 3.8) is 0 Å². The minimum Gasteiger partial charge on any atom is -0.492 e. The summed E-state index contributed by atoms with van der Waals surface area (Å²) >= 11 is 0. The van der Waals surface area contributed by atoms with E-state index >= 15 is 0 Å². The Hall–Kier alpha value is -1.23. The molecule has 0 fully saturated rings. The van der Waals surface area contributed by atoms with Crippen molar-refractivity contribution in [1.82, 2.24) is 5.32 Å². The molecule has 0 atom stereocenters. The summed E-state index contributed by atoms with van der Waals surface area (Å²) in [7, 11) is 0. The second kappa shape index (κ2) is 8.84. The number of hydrogen-bond acceptors (Lipinski definition) is 2. The quantitative estimate of drug-likeness (QED) is 0.686. The third-order valence-electron chi connectivity index (χ3n) is 2.94. The highest BCUT2D eigenvalue weighted by molar-refractivity contribution is 5.28.